The van der Waals surface area contributed by atoms with E-state index in [-0.39, 0.29) is 11.3 Å². The predicted octanol–water partition coefficient (Wildman–Crippen LogP) is 1.38. The number of allylic oxidation sites excluding steroid dienone is 1. The lowest BCUT2D eigenvalue weighted by molar-refractivity contribution is 0.413. The lowest BCUT2D eigenvalue weighted by atomic mass is 9.86. The second-order valence-corrected chi connectivity index (χ2v) is 8.48. The maximum Gasteiger partial charge on any atom is 0.215 e. The summed E-state index contributed by atoms with van der Waals surface area (Å²) in [7, 11) is 2.41. The number of nitrogens with one attached hydrogen (secondary N) is 2. The van der Waals surface area contributed by atoms with Crippen LogP contribution in [0.2, 0.25) is 0 Å². The highest BCUT2D eigenvalue weighted by Gasteiger charge is 2.35. The quantitative estimate of drug-likeness (QED) is 0.724. The fourth-order valence-corrected chi connectivity index (χ4v) is 3.80. The predicted molar refractivity (Wildman–Crippen MR) is 91.0 cm³/mol. The molecule has 2 rings (SSSR count). The molecule has 1 unspecified atom stereocenters. The van der Waals surface area contributed by atoms with Crippen molar-refractivity contribution in [1.29, 1.82) is 0 Å². The van der Waals surface area contributed by atoms with E-state index in [4.69, 9.17) is 0 Å². The fourth-order valence-electron chi connectivity index (χ4n) is 2.93. The first kappa shape index (κ1) is 17.2. The maximum absolute atomic E-state index is 11.7. The average molecular weight is 325 g/mol. The number of hydrogen-bond acceptors (Lipinski definition) is 4. The Morgan fingerprint density at radius 2 is 2.09 bits per heavy atom. The molecule has 22 heavy (non-hydrogen) atoms. The zero-order valence-electron chi connectivity index (χ0n) is 13.9. The van der Waals surface area contributed by atoms with Crippen molar-refractivity contribution >= 4 is 10.0 Å². The molecule has 1 heterocycles. The van der Waals surface area contributed by atoms with Gasteiger partial charge < -0.3 is 10.2 Å². The Kier molecular flexibility index (Phi) is 5.14. The zero-order valence-corrected chi connectivity index (χ0v) is 14.8. The highest BCUT2D eigenvalue weighted by atomic mass is 32.2. The summed E-state index contributed by atoms with van der Waals surface area (Å²) in [5.41, 5.74) is 3.52. The second-order valence-electron chi connectivity index (χ2n) is 6.55. The number of nitrogens with zero attached hydrogens (tertiary/aromatic N) is 1. The van der Waals surface area contributed by atoms with Gasteiger partial charge >= 0.3 is 0 Å². The average Bonchev–Trinajstić information content (AvgIpc) is 2.67. The van der Waals surface area contributed by atoms with Gasteiger partial charge in [-0.25, -0.2) is 13.1 Å². The molecule has 1 aliphatic heterocycles. The third-order valence-corrected chi connectivity index (χ3v) is 5.76. The molecule has 0 aromatic heterocycles. The Labute approximate surface area is 134 Å². The summed E-state index contributed by atoms with van der Waals surface area (Å²) in [5.74, 6) is 0.0834. The van der Waals surface area contributed by atoms with Crippen LogP contribution in [0.4, 0.5) is 0 Å². The topological polar surface area (TPSA) is 61.4 Å². The fraction of sp³-hybridized carbons (Fsp3) is 0.625. The van der Waals surface area contributed by atoms with Crippen molar-refractivity contribution in [2.24, 2.45) is 0 Å². The molecular formula is C16H27N3O2S. The summed E-state index contributed by atoms with van der Waals surface area (Å²) < 4.78 is 25.9. The van der Waals surface area contributed by atoms with Crippen molar-refractivity contribution in [2.45, 2.75) is 31.7 Å². The second kappa shape index (κ2) is 6.56. The smallest absolute Gasteiger partial charge is 0.215 e. The van der Waals surface area contributed by atoms with Crippen molar-refractivity contribution in [1.82, 2.24) is 14.9 Å². The van der Waals surface area contributed by atoms with Crippen molar-refractivity contribution in [3.63, 3.8) is 0 Å². The van der Waals surface area contributed by atoms with Crippen molar-refractivity contribution in [3.8, 4) is 0 Å². The van der Waals surface area contributed by atoms with Gasteiger partial charge in [0.15, 0.2) is 0 Å². The normalized spacial score (nSPS) is 25.0. The van der Waals surface area contributed by atoms with Crippen LogP contribution in [0.1, 0.15) is 26.2 Å². The molecule has 2 aliphatic rings. The number of hydrogen-bond donors (Lipinski definition) is 2. The van der Waals surface area contributed by atoms with Crippen LogP contribution in [0.5, 0.6) is 0 Å². The summed E-state index contributed by atoms with van der Waals surface area (Å²) in [5, 5.41) is 3.49. The highest BCUT2D eigenvalue weighted by Crippen LogP contribution is 2.37. The molecule has 0 aromatic carbocycles. The SMILES string of the molecule is CNS(=O)(=O)CC1=CCC2(C)NC=C(CCN(C)C)C2=CC1. The van der Waals surface area contributed by atoms with Crippen LogP contribution in [-0.4, -0.2) is 52.3 Å². The van der Waals surface area contributed by atoms with Crippen LogP contribution < -0.4 is 10.0 Å². The van der Waals surface area contributed by atoms with Crippen LogP contribution in [0.25, 0.3) is 0 Å². The molecule has 124 valence electrons. The van der Waals surface area contributed by atoms with Gasteiger partial charge in [0, 0.05) is 12.7 Å². The van der Waals surface area contributed by atoms with Crippen molar-refractivity contribution in [3.05, 3.63) is 35.1 Å². The molecule has 6 heteroatoms. The van der Waals surface area contributed by atoms with E-state index in [0.717, 1.165) is 25.0 Å². The van der Waals surface area contributed by atoms with Gasteiger partial charge in [-0.1, -0.05) is 17.7 Å². The van der Waals surface area contributed by atoms with Gasteiger partial charge in [0.2, 0.25) is 10.0 Å². The zero-order chi connectivity index (χ0) is 16.4. The minimum Gasteiger partial charge on any atom is -0.381 e. The maximum atomic E-state index is 11.7. The van der Waals surface area contributed by atoms with Gasteiger partial charge in [0.25, 0.3) is 0 Å². The summed E-state index contributed by atoms with van der Waals surface area (Å²) >= 11 is 0. The molecule has 0 saturated carbocycles. The van der Waals surface area contributed by atoms with Gasteiger partial charge in [-0.15, -0.1) is 0 Å². The van der Waals surface area contributed by atoms with Crippen LogP contribution >= 0.6 is 0 Å². The highest BCUT2D eigenvalue weighted by molar-refractivity contribution is 7.89. The molecule has 1 aliphatic carbocycles. The Balaban J connectivity index is 2.13. The molecule has 2 N–H and O–H groups in total. The van der Waals surface area contributed by atoms with Crippen LogP contribution in [0, 0.1) is 0 Å². The number of rotatable bonds is 6. The first-order valence-electron chi connectivity index (χ1n) is 7.67. The lowest BCUT2D eigenvalue weighted by Gasteiger charge is -2.26. The van der Waals surface area contributed by atoms with Gasteiger partial charge in [-0.3, -0.25) is 0 Å². The largest absolute Gasteiger partial charge is 0.381 e. The van der Waals surface area contributed by atoms with Crippen LogP contribution in [0.15, 0.2) is 35.1 Å². The molecule has 0 amide bonds. The third-order valence-electron chi connectivity index (χ3n) is 4.39. The molecule has 5 nitrogen and oxygen atoms in total. The summed E-state index contributed by atoms with van der Waals surface area (Å²) in [6.07, 6.45) is 8.92. The molecule has 0 saturated heterocycles. The first-order valence-corrected chi connectivity index (χ1v) is 9.32. The molecule has 0 bridgehead atoms. The van der Waals surface area contributed by atoms with E-state index in [0.29, 0.717) is 6.42 Å². The Morgan fingerprint density at radius 3 is 2.73 bits per heavy atom. The molecule has 0 aromatic rings. The molecule has 0 fully saturated rings. The van der Waals surface area contributed by atoms with E-state index in [1.54, 1.807) is 0 Å². The number of sulfonamides is 1. The summed E-state index contributed by atoms with van der Waals surface area (Å²) in [4.78, 5) is 2.18. The minimum absolute atomic E-state index is 0.0834. The monoisotopic (exact) mass is 325 g/mol. The standard InChI is InChI=1S/C16H27N3O2S/c1-16-9-7-13(12-22(20,21)17-2)5-6-15(16)14(11-18-16)8-10-19(3)4/h6-7,11,17-18H,5,8-10,12H2,1-4H3. The molecular weight excluding hydrogens is 298 g/mol. The van der Waals surface area contributed by atoms with E-state index in [2.05, 4.69) is 54.3 Å². The van der Waals surface area contributed by atoms with Crippen LogP contribution in [-0.2, 0) is 10.0 Å². The van der Waals surface area contributed by atoms with Crippen molar-refractivity contribution in [2.75, 3.05) is 33.4 Å². The Hall–Kier alpha value is -1.11. The van der Waals surface area contributed by atoms with E-state index in [1.807, 2.05) is 0 Å². The van der Waals surface area contributed by atoms with E-state index in [9.17, 15) is 8.42 Å². The van der Waals surface area contributed by atoms with E-state index < -0.39 is 10.0 Å². The van der Waals surface area contributed by atoms with Gasteiger partial charge in [-0.05, 0) is 58.5 Å². The lowest BCUT2D eigenvalue weighted by Crippen LogP contribution is -2.36. The Morgan fingerprint density at radius 1 is 1.36 bits per heavy atom. The summed E-state index contributed by atoms with van der Waals surface area (Å²) in [6, 6.07) is 0. The van der Waals surface area contributed by atoms with Gasteiger partial charge in [-0.2, -0.15) is 0 Å². The summed E-state index contributed by atoms with van der Waals surface area (Å²) in [6.45, 7) is 3.19. The first-order chi connectivity index (χ1) is 10.3. The van der Waals surface area contributed by atoms with Gasteiger partial charge in [0.1, 0.15) is 0 Å². The molecule has 1 atom stereocenters. The minimum atomic E-state index is -3.20. The van der Waals surface area contributed by atoms with Crippen LogP contribution in [0.3, 0.4) is 0 Å². The number of fused-ring (bicyclic) bond motifs is 1. The van der Waals surface area contributed by atoms with E-state index in [1.165, 1.54) is 18.2 Å². The van der Waals surface area contributed by atoms with Crippen molar-refractivity contribution < 1.29 is 8.42 Å². The van der Waals surface area contributed by atoms with Gasteiger partial charge in [0.05, 0.1) is 11.3 Å². The third kappa shape index (κ3) is 4.00. The molecule has 0 spiro atoms. The van der Waals surface area contributed by atoms with E-state index >= 15 is 0 Å². The molecule has 0 radical (unpaired) electrons. The Bertz CT molecular complexity index is 617.